The third kappa shape index (κ3) is 2.64. The molecule has 16 heavy (non-hydrogen) atoms. The Kier molecular flexibility index (Phi) is 3.78. The molecule has 4 nitrogen and oxygen atoms in total. The zero-order valence-electron chi connectivity index (χ0n) is 10.6. The molecular weight excluding hydrogens is 224 g/mol. The van der Waals surface area contributed by atoms with Gasteiger partial charge >= 0.3 is 0 Å². The molecule has 0 fully saturated rings. The van der Waals surface area contributed by atoms with E-state index >= 15 is 0 Å². The van der Waals surface area contributed by atoms with Crippen molar-refractivity contribution in [2.24, 2.45) is 0 Å². The Hall–Kier alpha value is -0.840. The molecule has 0 atom stereocenters. The molecule has 0 radical (unpaired) electrons. The quantitative estimate of drug-likeness (QED) is 0.815. The molecule has 0 aliphatic carbocycles. The van der Waals surface area contributed by atoms with Gasteiger partial charge in [-0.2, -0.15) is 0 Å². The van der Waals surface area contributed by atoms with Crippen LogP contribution in [0.15, 0.2) is 6.20 Å². The summed E-state index contributed by atoms with van der Waals surface area (Å²) in [5, 5.41) is -0.344. The molecule has 5 heteroatoms. The molecular formula is C11H20N2O2S. The number of hydrogen-bond donors (Lipinski definition) is 0. The predicted molar refractivity (Wildman–Crippen MR) is 65.1 cm³/mol. The van der Waals surface area contributed by atoms with E-state index in [4.69, 9.17) is 0 Å². The Morgan fingerprint density at radius 3 is 2.31 bits per heavy atom. The summed E-state index contributed by atoms with van der Waals surface area (Å²) in [6, 6.07) is 0.236. The first-order valence-corrected chi connectivity index (χ1v) is 7.21. The zero-order valence-corrected chi connectivity index (χ0v) is 11.4. The fourth-order valence-corrected chi connectivity index (χ4v) is 2.64. The molecule has 0 aromatic carbocycles. The summed E-state index contributed by atoms with van der Waals surface area (Å²) in [5.41, 5.74) is 0.779. The van der Waals surface area contributed by atoms with Gasteiger partial charge in [0.05, 0.1) is 16.7 Å². The highest BCUT2D eigenvalue weighted by molar-refractivity contribution is 7.91. The molecule has 1 aromatic heterocycles. The van der Waals surface area contributed by atoms with Crippen LogP contribution in [0.2, 0.25) is 0 Å². The molecule has 0 saturated carbocycles. The number of rotatable bonds is 4. The SMILES string of the molecule is Cc1ncc(CS(=O)(=O)C(C)C)n1C(C)C. The van der Waals surface area contributed by atoms with Crippen LogP contribution in [0.1, 0.15) is 45.3 Å². The molecule has 0 amide bonds. The molecule has 1 rings (SSSR count). The van der Waals surface area contributed by atoms with Gasteiger partial charge in [0.25, 0.3) is 0 Å². The number of imidazole rings is 1. The van der Waals surface area contributed by atoms with Crippen LogP contribution in [0.5, 0.6) is 0 Å². The van der Waals surface area contributed by atoms with Crippen molar-refractivity contribution in [3.05, 3.63) is 17.7 Å². The van der Waals surface area contributed by atoms with Gasteiger partial charge in [0.2, 0.25) is 0 Å². The summed E-state index contributed by atoms with van der Waals surface area (Å²) in [7, 11) is -3.05. The van der Waals surface area contributed by atoms with Crippen molar-refractivity contribution in [1.82, 2.24) is 9.55 Å². The van der Waals surface area contributed by atoms with E-state index in [9.17, 15) is 8.42 Å². The monoisotopic (exact) mass is 244 g/mol. The second-order valence-electron chi connectivity index (χ2n) is 4.62. The molecule has 1 aromatic rings. The molecule has 0 unspecified atom stereocenters. The third-order valence-corrected chi connectivity index (χ3v) is 4.78. The van der Waals surface area contributed by atoms with Crippen LogP contribution in [0.4, 0.5) is 0 Å². The van der Waals surface area contributed by atoms with Gasteiger partial charge in [-0.1, -0.05) is 0 Å². The fourth-order valence-electron chi connectivity index (χ4n) is 1.69. The Bertz CT molecular complexity index is 458. The first kappa shape index (κ1) is 13.2. The average Bonchev–Trinajstić information content (AvgIpc) is 2.45. The minimum atomic E-state index is -3.05. The predicted octanol–water partition coefficient (Wildman–Crippen LogP) is 2.10. The van der Waals surface area contributed by atoms with Gasteiger partial charge in [-0.15, -0.1) is 0 Å². The Balaban J connectivity index is 3.08. The van der Waals surface area contributed by atoms with Gasteiger partial charge in [0.1, 0.15) is 5.82 Å². The van der Waals surface area contributed by atoms with Crippen LogP contribution in [0.3, 0.4) is 0 Å². The second-order valence-corrected chi connectivity index (χ2v) is 7.17. The smallest absolute Gasteiger partial charge is 0.158 e. The highest BCUT2D eigenvalue weighted by atomic mass is 32.2. The highest BCUT2D eigenvalue weighted by Crippen LogP contribution is 2.17. The van der Waals surface area contributed by atoms with Crippen LogP contribution in [-0.4, -0.2) is 23.2 Å². The lowest BCUT2D eigenvalue weighted by atomic mass is 10.3. The first-order valence-electron chi connectivity index (χ1n) is 5.50. The van der Waals surface area contributed by atoms with E-state index < -0.39 is 9.84 Å². The van der Waals surface area contributed by atoms with E-state index in [2.05, 4.69) is 4.98 Å². The minimum Gasteiger partial charge on any atom is -0.329 e. The van der Waals surface area contributed by atoms with Crippen molar-refractivity contribution >= 4 is 9.84 Å². The van der Waals surface area contributed by atoms with E-state index in [-0.39, 0.29) is 17.0 Å². The third-order valence-electron chi connectivity index (χ3n) is 2.64. The summed E-state index contributed by atoms with van der Waals surface area (Å²) in [4.78, 5) is 4.18. The Morgan fingerprint density at radius 1 is 1.31 bits per heavy atom. The maximum absolute atomic E-state index is 11.8. The van der Waals surface area contributed by atoms with Gasteiger partial charge < -0.3 is 4.57 Å². The molecule has 0 aliphatic rings. The number of aryl methyl sites for hydroxylation is 1. The van der Waals surface area contributed by atoms with Crippen LogP contribution in [0, 0.1) is 6.92 Å². The van der Waals surface area contributed by atoms with Gasteiger partial charge in [0, 0.05) is 12.2 Å². The Labute approximate surface area is 97.6 Å². The number of sulfone groups is 1. The van der Waals surface area contributed by atoms with E-state index in [0.717, 1.165) is 11.5 Å². The molecule has 0 saturated heterocycles. The average molecular weight is 244 g/mol. The summed E-state index contributed by atoms with van der Waals surface area (Å²) in [6.45, 7) is 9.36. The molecule has 0 spiro atoms. The zero-order chi connectivity index (χ0) is 12.5. The van der Waals surface area contributed by atoms with Crippen LogP contribution < -0.4 is 0 Å². The maximum Gasteiger partial charge on any atom is 0.158 e. The normalized spacial score (nSPS) is 12.7. The lowest BCUT2D eigenvalue weighted by Crippen LogP contribution is -2.19. The van der Waals surface area contributed by atoms with Crippen LogP contribution in [-0.2, 0) is 15.6 Å². The van der Waals surface area contributed by atoms with Gasteiger partial charge in [-0.3, -0.25) is 0 Å². The van der Waals surface area contributed by atoms with E-state index in [0.29, 0.717) is 0 Å². The second kappa shape index (κ2) is 4.57. The number of hydrogen-bond acceptors (Lipinski definition) is 3. The standard InChI is InChI=1S/C11H20N2O2S/c1-8(2)13-10(5)12-6-11(13)7-16(14,15)9(3)4/h6,8-9H,7H2,1-5H3. The van der Waals surface area contributed by atoms with Crippen molar-refractivity contribution in [2.45, 2.75) is 51.7 Å². The van der Waals surface area contributed by atoms with Crippen molar-refractivity contribution in [3.8, 4) is 0 Å². The maximum atomic E-state index is 11.8. The number of aromatic nitrogens is 2. The lowest BCUT2D eigenvalue weighted by Gasteiger charge is -2.15. The van der Waals surface area contributed by atoms with E-state index in [1.165, 1.54) is 0 Å². The van der Waals surface area contributed by atoms with Crippen molar-refractivity contribution < 1.29 is 8.42 Å². The van der Waals surface area contributed by atoms with Gasteiger partial charge in [-0.25, -0.2) is 13.4 Å². The topological polar surface area (TPSA) is 52.0 Å². The molecule has 0 N–H and O–H groups in total. The summed E-state index contributed by atoms with van der Waals surface area (Å²) >= 11 is 0. The van der Waals surface area contributed by atoms with E-state index in [1.807, 2.05) is 25.3 Å². The van der Waals surface area contributed by atoms with Crippen LogP contribution in [0.25, 0.3) is 0 Å². The fraction of sp³-hybridized carbons (Fsp3) is 0.727. The molecule has 1 heterocycles. The van der Waals surface area contributed by atoms with Crippen molar-refractivity contribution in [2.75, 3.05) is 0 Å². The minimum absolute atomic E-state index is 0.0731. The highest BCUT2D eigenvalue weighted by Gasteiger charge is 2.20. The summed E-state index contributed by atoms with van der Waals surface area (Å²) in [5.74, 6) is 0.938. The molecule has 0 aliphatic heterocycles. The lowest BCUT2D eigenvalue weighted by molar-refractivity contribution is 0.556. The van der Waals surface area contributed by atoms with Crippen LogP contribution >= 0.6 is 0 Å². The van der Waals surface area contributed by atoms with Crippen molar-refractivity contribution in [3.63, 3.8) is 0 Å². The summed E-state index contributed by atoms with van der Waals surface area (Å²) in [6.07, 6.45) is 1.66. The van der Waals surface area contributed by atoms with Crippen molar-refractivity contribution in [1.29, 1.82) is 0 Å². The summed E-state index contributed by atoms with van der Waals surface area (Å²) < 4.78 is 25.7. The first-order chi connectivity index (χ1) is 7.25. The Morgan fingerprint density at radius 2 is 1.88 bits per heavy atom. The van der Waals surface area contributed by atoms with Gasteiger partial charge in [-0.05, 0) is 34.6 Å². The molecule has 92 valence electrons. The number of nitrogens with zero attached hydrogens (tertiary/aromatic N) is 2. The van der Waals surface area contributed by atoms with E-state index in [1.54, 1.807) is 20.0 Å². The van der Waals surface area contributed by atoms with Gasteiger partial charge in [0.15, 0.2) is 9.84 Å². The molecule has 0 bridgehead atoms. The largest absolute Gasteiger partial charge is 0.329 e.